The maximum absolute atomic E-state index is 13.0. The van der Waals surface area contributed by atoms with Crippen molar-refractivity contribution in [3.05, 3.63) is 71.6 Å². The molecule has 0 spiro atoms. The van der Waals surface area contributed by atoms with Crippen LogP contribution in [-0.4, -0.2) is 39.5 Å². The first kappa shape index (κ1) is 27.5. The number of nitrogens with zero attached hydrogens (tertiary/aromatic N) is 3. The number of fused-ring (bicyclic) bond motifs is 1. The highest BCUT2D eigenvalue weighted by atomic mass is 35.5. The number of halogens is 5. The summed E-state index contributed by atoms with van der Waals surface area (Å²) in [6.45, 7) is 1.47. The topological polar surface area (TPSA) is 81.4 Å². The van der Waals surface area contributed by atoms with E-state index in [9.17, 15) is 13.2 Å². The quantitative estimate of drug-likeness (QED) is 0.224. The molecule has 192 valence electrons. The summed E-state index contributed by atoms with van der Waals surface area (Å²) >= 11 is 6.36. The van der Waals surface area contributed by atoms with Crippen LogP contribution in [0.4, 0.5) is 24.7 Å². The number of anilines is 2. The van der Waals surface area contributed by atoms with Gasteiger partial charge in [0.2, 0.25) is 0 Å². The Kier molecular flexibility index (Phi) is 9.38. The maximum Gasteiger partial charge on any atom is 0.416 e. The molecule has 0 amide bonds. The van der Waals surface area contributed by atoms with Crippen molar-refractivity contribution >= 4 is 46.5 Å². The van der Waals surface area contributed by atoms with Gasteiger partial charge < -0.3 is 24.5 Å². The van der Waals surface area contributed by atoms with Crippen LogP contribution < -0.4 is 10.1 Å². The molecule has 0 unspecified atom stereocenters. The number of aromatic nitrogens is 3. The largest absolute Gasteiger partial charge is 0.456 e. The van der Waals surface area contributed by atoms with E-state index >= 15 is 0 Å². The third-order valence-electron chi connectivity index (χ3n) is 5.06. The third-order valence-corrected chi connectivity index (χ3v) is 5.35. The van der Waals surface area contributed by atoms with Crippen molar-refractivity contribution in [2.75, 3.05) is 25.1 Å². The van der Waals surface area contributed by atoms with Crippen LogP contribution in [0.25, 0.3) is 11.0 Å². The van der Waals surface area contributed by atoms with E-state index in [1.165, 1.54) is 18.5 Å². The van der Waals surface area contributed by atoms with Crippen LogP contribution in [0.5, 0.6) is 11.5 Å². The summed E-state index contributed by atoms with van der Waals surface area (Å²) in [4.78, 5) is 8.66. The fraction of sp³-hybridized carbons (Fsp3) is 0.250. The number of aliphatic hydroxyl groups excluding tert-OH is 1. The normalized spacial score (nSPS) is 11.4. The third kappa shape index (κ3) is 6.79. The van der Waals surface area contributed by atoms with Crippen LogP contribution in [-0.2, 0) is 17.5 Å². The first-order chi connectivity index (χ1) is 16.8. The fourth-order valence-corrected chi connectivity index (χ4v) is 3.69. The van der Waals surface area contributed by atoms with Crippen LogP contribution in [0.1, 0.15) is 12.0 Å². The second-order valence-electron chi connectivity index (χ2n) is 7.55. The van der Waals surface area contributed by atoms with E-state index in [0.717, 1.165) is 29.6 Å². The SMILES string of the molecule is Cl.OCCOCCCn1ccc2ncnc(Nc3ccc(Oc4cccc(C(F)(F)F)c4)c(Cl)c3)c21. The first-order valence-electron chi connectivity index (χ1n) is 10.8. The Labute approximate surface area is 216 Å². The number of ether oxygens (including phenoxy) is 2. The minimum absolute atomic E-state index is 0. The van der Waals surface area contributed by atoms with Crippen LogP contribution in [0.3, 0.4) is 0 Å². The van der Waals surface area contributed by atoms with Crippen molar-refractivity contribution in [2.24, 2.45) is 0 Å². The average Bonchev–Trinajstić information content (AvgIpc) is 3.24. The molecular weight excluding hydrogens is 520 g/mol. The Morgan fingerprint density at radius 1 is 1.06 bits per heavy atom. The molecule has 0 aliphatic carbocycles. The Bertz CT molecular complexity index is 1300. The summed E-state index contributed by atoms with van der Waals surface area (Å²) in [6.07, 6.45) is -0.364. The van der Waals surface area contributed by atoms with E-state index in [-0.39, 0.29) is 35.5 Å². The van der Waals surface area contributed by atoms with E-state index in [1.807, 2.05) is 16.8 Å². The van der Waals surface area contributed by atoms with Gasteiger partial charge >= 0.3 is 6.18 Å². The molecule has 2 aromatic carbocycles. The molecule has 2 aromatic heterocycles. The van der Waals surface area contributed by atoms with Gasteiger partial charge in [-0.05, 0) is 48.9 Å². The molecule has 0 aliphatic heterocycles. The van der Waals surface area contributed by atoms with Crippen molar-refractivity contribution in [1.82, 2.24) is 14.5 Å². The molecular formula is C24H23Cl2F3N4O3. The number of benzene rings is 2. The van der Waals surface area contributed by atoms with Gasteiger partial charge in [-0.15, -0.1) is 12.4 Å². The number of nitrogens with one attached hydrogen (secondary N) is 1. The lowest BCUT2D eigenvalue weighted by Gasteiger charge is -2.13. The highest BCUT2D eigenvalue weighted by molar-refractivity contribution is 6.32. The lowest BCUT2D eigenvalue weighted by molar-refractivity contribution is -0.137. The molecule has 0 saturated carbocycles. The standard InChI is InChI=1S/C24H22ClF3N4O3.ClH/c25-19-14-17(5-6-21(19)35-18-4-1-3-16(13-18)24(26,27)28)31-23-22-20(29-15-30-23)7-9-32(22)8-2-11-34-12-10-33;/h1,3-7,9,13-15,33H,2,8,10-12H2,(H,29,30,31);1H. The molecule has 4 rings (SSSR count). The molecule has 36 heavy (non-hydrogen) atoms. The van der Waals surface area contributed by atoms with Crippen molar-refractivity contribution in [3.63, 3.8) is 0 Å². The second-order valence-corrected chi connectivity index (χ2v) is 7.96. The Morgan fingerprint density at radius 3 is 2.64 bits per heavy atom. The minimum Gasteiger partial charge on any atom is -0.456 e. The summed E-state index contributed by atoms with van der Waals surface area (Å²) < 4.78 is 51.8. The predicted octanol–water partition coefficient (Wildman–Crippen LogP) is 6.46. The lowest BCUT2D eigenvalue weighted by atomic mass is 10.2. The molecule has 0 fully saturated rings. The predicted molar refractivity (Wildman–Crippen MR) is 134 cm³/mol. The Hall–Kier alpha value is -3.05. The monoisotopic (exact) mass is 542 g/mol. The van der Waals surface area contributed by atoms with Gasteiger partial charge in [0.05, 0.1) is 29.3 Å². The van der Waals surface area contributed by atoms with E-state index in [4.69, 9.17) is 26.2 Å². The summed E-state index contributed by atoms with van der Waals surface area (Å²) in [5, 5.41) is 12.2. The molecule has 2 N–H and O–H groups in total. The summed E-state index contributed by atoms with van der Waals surface area (Å²) in [6, 6.07) is 11.4. The number of aliphatic hydroxyl groups is 1. The smallest absolute Gasteiger partial charge is 0.416 e. The van der Waals surface area contributed by atoms with E-state index in [0.29, 0.717) is 31.3 Å². The highest BCUT2D eigenvalue weighted by Crippen LogP contribution is 2.36. The van der Waals surface area contributed by atoms with Crippen LogP contribution in [0.15, 0.2) is 61.1 Å². The second kappa shape index (κ2) is 12.3. The lowest BCUT2D eigenvalue weighted by Crippen LogP contribution is -2.06. The van der Waals surface area contributed by atoms with Gasteiger partial charge in [-0.3, -0.25) is 0 Å². The molecule has 0 bridgehead atoms. The van der Waals surface area contributed by atoms with Crippen LogP contribution in [0, 0.1) is 0 Å². The zero-order valence-corrected chi connectivity index (χ0v) is 20.4. The van der Waals surface area contributed by atoms with Gasteiger partial charge in [-0.2, -0.15) is 13.2 Å². The molecule has 0 aliphatic rings. The fourth-order valence-electron chi connectivity index (χ4n) is 3.47. The average molecular weight is 543 g/mol. The molecule has 7 nitrogen and oxygen atoms in total. The van der Waals surface area contributed by atoms with E-state index in [1.54, 1.807) is 18.2 Å². The Morgan fingerprint density at radius 2 is 1.89 bits per heavy atom. The van der Waals surface area contributed by atoms with E-state index < -0.39 is 11.7 Å². The summed E-state index contributed by atoms with van der Waals surface area (Å²) in [7, 11) is 0. The van der Waals surface area contributed by atoms with Crippen LogP contribution >= 0.6 is 24.0 Å². The van der Waals surface area contributed by atoms with Gasteiger partial charge in [-0.1, -0.05) is 17.7 Å². The van der Waals surface area contributed by atoms with Gasteiger partial charge in [0.25, 0.3) is 0 Å². The number of aryl methyl sites for hydroxylation is 1. The molecule has 0 atom stereocenters. The molecule has 0 saturated heterocycles. The number of rotatable bonds is 10. The number of hydrogen-bond acceptors (Lipinski definition) is 6. The summed E-state index contributed by atoms with van der Waals surface area (Å²) in [5.41, 5.74) is 1.37. The molecule has 4 aromatic rings. The minimum atomic E-state index is -4.47. The molecule has 12 heteroatoms. The maximum atomic E-state index is 13.0. The zero-order chi connectivity index (χ0) is 24.8. The van der Waals surface area contributed by atoms with Crippen molar-refractivity contribution < 1.29 is 27.8 Å². The highest BCUT2D eigenvalue weighted by Gasteiger charge is 2.30. The number of hydrogen-bond donors (Lipinski definition) is 2. The van der Waals surface area contributed by atoms with Crippen LogP contribution in [0.2, 0.25) is 5.02 Å². The number of alkyl halides is 3. The first-order valence-corrected chi connectivity index (χ1v) is 11.1. The van der Waals surface area contributed by atoms with Gasteiger partial charge in [0.1, 0.15) is 23.3 Å². The van der Waals surface area contributed by atoms with Crippen molar-refractivity contribution in [3.8, 4) is 11.5 Å². The van der Waals surface area contributed by atoms with Crippen molar-refractivity contribution in [1.29, 1.82) is 0 Å². The van der Waals surface area contributed by atoms with Gasteiger partial charge in [0.15, 0.2) is 5.82 Å². The molecule has 2 heterocycles. The Balaban J connectivity index is 0.00000361. The van der Waals surface area contributed by atoms with Gasteiger partial charge in [-0.25, -0.2) is 9.97 Å². The van der Waals surface area contributed by atoms with Crippen molar-refractivity contribution in [2.45, 2.75) is 19.1 Å². The zero-order valence-electron chi connectivity index (χ0n) is 18.8. The van der Waals surface area contributed by atoms with E-state index in [2.05, 4.69) is 15.3 Å². The molecule has 0 radical (unpaired) electrons. The van der Waals surface area contributed by atoms with Gasteiger partial charge in [0, 0.05) is 25.0 Å². The summed E-state index contributed by atoms with van der Waals surface area (Å²) in [5.74, 6) is 0.815.